The van der Waals surface area contributed by atoms with Crippen molar-refractivity contribution in [1.29, 1.82) is 0 Å². The number of halogens is 2. The summed E-state index contributed by atoms with van der Waals surface area (Å²) >= 11 is 13.0. The van der Waals surface area contributed by atoms with Gasteiger partial charge >= 0.3 is 0 Å². The van der Waals surface area contributed by atoms with Crippen LogP contribution >= 0.6 is 35.0 Å². The van der Waals surface area contributed by atoms with E-state index in [1.807, 2.05) is 24.3 Å². The van der Waals surface area contributed by atoms with Gasteiger partial charge in [0, 0.05) is 10.8 Å². The topological polar surface area (TPSA) is 45.8 Å². The number of nitrogens with zero attached hydrogens (tertiary/aromatic N) is 1. The Kier molecular flexibility index (Phi) is 4.10. The molecule has 0 aliphatic heterocycles. The smallest absolute Gasteiger partial charge is 0.270 e. The molecule has 0 saturated heterocycles. The Hall–Kier alpha value is -0.970. The maximum atomic E-state index is 11.2. The number of aromatic amines is 1. The van der Waals surface area contributed by atoms with E-state index < -0.39 is 0 Å². The van der Waals surface area contributed by atoms with Gasteiger partial charge in [-0.3, -0.25) is 4.79 Å². The molecule has 17 heavy (non-hydrogen) atoms. The molecule has 0 aliphatic rings. The summed E-state index contributed by atoms with van der Waals surface area (Å²) in [6, 6.07) is 7.50. The molecule has 1 heterocycles. The molecule has 1 N–H and O–H groups in total. The van der Waals surface area contributed by atoms with Crippen molar-refractivity contribution in [3.63, 3.8) is 0 Å². The van der Waals surface area contributed by atoms with Gasteiger partial charge < -0.3 is 4.98 Å². The Morgan fingerprint density at radius 2 is 1.94 bits per heavy atom. The zero-order valence-electron chi connectivity index (χ0n) is 8.61. The Balaban J connectivity index is 2.10. The van der Waals surface area contributed by atoms with Crippen molar-refractivity contribution in [2.24, 2.45) is 0 Å². The van der Waals surface area contributed by atoms with Crippen LogP contribution in [0.25, 0.3) is 0 Å². The van der Waals surface area contributed by atoms with E-state index in [2.05, 4.69) is 9.97 Å². The number of hydrogen-bond acceptors (Lipinski definition) is 3. The first-order chi connectivity index (χ1) is 8.16. The zero-order valence-corrected chi connectivity index (χ0v) is 10.9. The first-order valence-corrected chi connectivity index (χ1v) is 6.51. The number of nitrogens with one attached hydrogen (secondary N) is 1. The van der Waals surface area contributed by atoms with Crippen molar-refractivity contribution in [3.8, 4) is 0 Å². The molecule has 0 spiro atoms. The summed E-state index contributed by atoms with van der Waals surface area (Å²) in [7, 11) is 0. The zero-order chi connectivity index (χ0) is 12.3. The molecule has 0 radical (unpaired) electrons. The second kappa shape index (κ2) is 5.58. The minimum Gasteiger partial charge on any atom is -0.312 e. The van der Waals surface area contributed by atoms with Gasteiger partial charge in [-0.1, -0.05) is 47.1 Å². The number of thioether (sulfide) groups is 1. The van der Waals surface area contributed by atoms with Crippen LogP contribution in [0.1, 0.15) is 5.56 Å². The second-order valence-electron chi connectivity index (χ2n) is 3.27. The number of hydrogen-bond donors (Lipinski definition) is 1. The molecule has 0 bridgehead atoms. The minimum absolute atomic E-state index is 0.131. The molecule has 6 heteroatoms. The molecular formula is C11H8Cl2N2OS. The van der Waals surface area contributed by atoms with E-state index in [9.17, 15) is 4.79 Å². The van der Waals surface area contributed by atoms with Gasteiger partial charge in [0.2, 0.25) is 0 Å². The lowest BCUT2D eigenvalue weighted by molar-refractivity contribution is 1.01. The SMILES string of the molecule is O=c1[nH]cnc(SCc2ccc(Cl)cc2)c1Cl. The second-order valence-corrected chi connectivity index (χ2v) is 5.04. The highest BCUT2D eigenvalue weighted by molar-refractivity contribution is 7.98. The normalized spacial score (nSPS) is 10.5. The largest absolute Gasteiger partial charge is 0.312 e. The highest BCUT2D eigenvalue weighted by atomic mass is 35.5. The number of benzene rings is 1. The van der Waals surface area contributed by atoms with Crippen LogP contribution in [0.2, 0.25) is 10.0 Å². The third kappa shape index (κ3) is 3.25. The van der Waals surface area contributed by atoms with Crippen LogP contribution in [0, 0.1) is 0 Å². The van der Waals surface area contributed by atoms with Crippen LogP contribution in [-0.2, 0) is 5.75 Å². The van der Waals surface area contributed by atoms with Gasteiger partial charge in [0.25, 0.3) is 5.56 Å². The lowest BCUT2D eigenvalue weighted by Gasteiger charge is -2.02. The van der Waals surface area contributed by atoms with E-state index in [1.54, 1.807) is 0 Å². The Labute approximate surface area is 112 Å². The summed E-state index contributed by atoms with van der Waals surface area (Å²) < 4.78 is 0. The van der Waals surface area contributed by atoms with Gasteiger partial charge in [-0.25, -0.2) is 4.98 Å². The molecular weight excluding hydrogens is 279 g/mol. The first kappa shape index (κ1) is 12.5. The van der Waals surface area contributed by atoms with E-state index in [-0.39, 0.29) is 10.6 Å². The van der Waals surface area contributed by atoms with Crippen LogP contribution in [0.5, 0.6) is 0 Å². The molecule has 0 aliphatic carbocycles. The molecule has 0 atom stereocenters. The summed E-state index contributed by atoms with van der Waals surface area (Å²) in [6.45, 7) is 0. The monoisotopic (exact) mass is 286 g/mol. The molecule has 1 aromatic carbocycles. The van der Waals surface area contributed by atoms with Crippen molar-refractivity contribution in [2.75, 3.05) is 0 Å². The molecule has 88 valence electrons. The van der Waals surface area contributed by atoms with Crippen LogP contribution in [0.15, 0.2) is 40.4 Å². The molecule has 0 unspecified atom stereocenters. The summed E-state index contributed by atoms with van der Waals surface area (Å²) in [5, 5.41) is 1.36. The predicted octanol–water partition coefficient (Wildman–Crippen LogP) is 3.37. The van der Waals surface area contributed by atoms with Crippen LogP contribution in [-0.4, -0.2) is 9.97 Å². The summed E-state index contributed by atoms with van der Waals surface area (Å²) in [5.41, 5.74) is 0.776. The highest BCUT2D eigenvalue weighted by Crippen LogP contribution is 2.25. The number of H-pyrrole nitrogens is 1. The van der Waals surface area contributed by atoms with Gasteiger partial charge in [0.15, 0.2) is 0 Å². The third-order valence-electron chi connectivity index (χ3n) is 2.05. The Morgan fingerprint density at radius 1 is 1.24 bits per heavy atom. The van der Waals surface area contributed by atoms with E-state index in [0.717, 1.165) is 5.56 Å². The quantitative estimate of drug-likeness (QED) is 0.695. The lowest BCUT2D eigenvalue weighted by atomic mass is 10.2. The van der Waals surface area contributed by atoms with Gasteiger partial charge in [-0.2, -0.15) is 0 Å². The van der Waals surface area contributed by atoms with Crippen molar-refractivity contribution in [2.45, 2.75) is 10.8 Å². The number of rotatable bonds is 3. The predicted molar refractivity (Wildman–Crippen MR) is 70.9 cm³/mol. The standard InChI is InChI=1S/C11H8Cl2N2OS/c12-8-3-1-7(2-4-8)5-17-11-9(13)10(16)14-6-15-11/h1-4,6H,5H2,(H,14,15,16). The molecule has 2 aromatic rings. The third-order valence-corrected chi connectivity index (χ3v) is 3.83. The maximum absolute atomic E-state index is 11.2. The van der Waals surface area contributed by atoms with Crippen LogP contribution < -0.4 is 5.56 Å². The Morgan fingerprint density at radius 3 is 2.65 bits per heavy atom. The Bertz CT molecular complexity index is 568. The van der Waals surface area contributed by atoms with Crippen molar-refractivity contribution >= 4 is 35.0 Å². The summed E-state index contributed by atoms with van der Waals surface area (Å²) in [6.07, 6.45) is 1.35. The highest BCUT2D eigenvalue weighted by Gasteiger charge is 2.06. The van der Waals surface area contributed by atoms with Gasteiger partial charge in [0.05, 0.1) is 6.33 Å². The van der Waals surface area contributed by atoms with Gasteiger partial charge in [0.1, 0.15) is 10.0 Å². The number of aromatic nitrogens is 2. The van der Waals surface area contributed by atoms with E-state index in [0.29, 0.717) is 15.8 Å². The van der Waals surface area contributed by atoms with Crippen molar-refractivity contribution in [1.82, 2.24) is 9.97 Å². The average molecular weight is 287 g/mol. The van der Waals surface area contributed by atoms with Crippen molar-refractivity contribution in [3.05, 3.63) is 56.6 Å². The summed E-state index contributed by atoms with van der Waals surface area (Å²) in [4.78, 5) is 17.7. The molecule has 0 saturated carbocycles. The average Bonchev–Trinajstić information content (AvgIpc) is 2.33. The van der Waals surface area contributed by atoms with E-state index in [1.165, 1.54) is 18.1 Å². The molecule has 3 nitrogen and oxygen atoms in total. The van der Waals surface area contributed by atoms with Crippen molar-refractivity contribution < 1.29 is 0 Å². The van der Waals surface area contributed by atoms with E-state index >= 15 is 0 Å². The van der Waals surface area contributed by atoms with Crippen LogP contribution in [0.3, 0.4) is 0 Å². The fraction of sp³-hybridized carbons (Fsp3) is 0.0909. The van der Waals surface area contributed by atoms with Crippen LogP contribution in [0.4, 0.5) is 0 Å². The summed E-state index contributed by atoms with van der Waals surface area (Å²) in [5.74, 6) is 0.688. The molecule has 2 rings (SSSR count). The molecule has 0 fully saturated rings. The molecule has 1 aromatic heterocycles. The lowest BCUT2D eigenvalue weighted by Crippen LogP contribution is -2.07. The maximum Gasteiger partial charge on any atom is 0.270 e. The fourth-order valence-electron chi connectivity index (χ4n) is 1.20. The van der Waals surface area contributed by atoms with E-state index in [4.69, 9.17) is 23.2 Å². The molecule has 0 amide bonds. The van der Waals surface area contributed by atoms with Gasteiger partial charge in [-0.05, 0) is 17.7 Å². The van der Waals surface area contributed by atoms with Gasteiger partial charge in [-0.15, -0.1) is 0 Å². The first-order valence-electron chi connectivity index (χ1n) is 4.77. The fourth-order valence-corrected chi connectivity index (χ4v) is 2.44. The minimum atomic E-state index is -0.319.